The molecule has 0 radical (unpaired) electrons. The maximum atomic E-state index is 13.5. The number of carbonyl (C=O) groups is 1. The van der Waals surface area contributed by atoms with Crippen LogP contribution in [0.5, 0.6) is 0 Å². The monoisotopic (exact) mass is 470 g/mol. The Labute approximate surface area is 178 Å². The number of amides is 1. The van der Waals surface area contributed by atoms with Crippen LogP contribution in [0, 0.1) is 13.8 Å². The molecule has 160 valence electrons. The largest absolute Gasteiger partial charge is 0.350 e. The van der Waals surface area contributed by atoms with Crippen LogP contribution in [0.4, 0.5) is 0 Å². The van der Waals surface area contributed by atoms with E-state index in [1.54, 1.807) is 26.0 Å². The number of nitrogens with one attached hydrogen (secondary N) is 2. The molecule has 8 nitrogen and oxygen atoms in total. The smallest absolute Gasteiger partial charge is 0.327 e. The number of H-pyrrole nitrogens is 1. The van der Waals surface area contributed by atoms with Crippen molar-refractivity contribution in [3.63, 3.8) is 0 Å². The predicted octanol–water partition coefficient (Wildman–Crippen LogP) is 3.18. The van der Waals surface area contributed by atoms with E-state index in [4.69, 9.17) is 21.4 Å². The summed E-state index contributed by atoms with van der Waals surface area (Å²) in [5, 5.41) is 2.91. The van der Waals surface area contributed by atoms with E-state index in [1.165, 1.54) is 18.2 Å². The summed E-state index contributed by atoms with van der Waals surface area (Å²) in [6.07, 6.45) is -0.566. The molecule has 0 fully saturated rings. The van der Waals surface area contributed by atoms with Gasteiger partial charge < -0.3 is 20.1 Å². The van der Waals surface area contributed by atoms with Gasteiger partial charge in [0.2, 0.25) is 9.84 Å². The number of hydrogen-bond acceptors (Lipinski definition) is 4. The SMILES string of the molecule is Cc1cc(C)cc(S(=O)(=O)c2c(C(=O)NCCP(=O)(O)O)[nH]c3ccc(Cl)cc23)c1. The molecule has 0 saturated carbocycles. The molecule has 0 unspecified atom stereocenters. The highest BCUT2D eigenvalue weighted by molar-refractivity contribution is 7.91. The van der Waals surface area contributed by atoms with E-state index in [9.17, 15) is 17.8 Å². The van der Waals surface area contributed by atoms with Crippen LogP contribution >= 0.6 is 19.2 Å². The average molecular weight is 471 g/mol. The standard InChI is InChI=1S/C19H20ClN2O6PS/c1-11-7-12(2)9-14(8-11)30(27,28)18-15-10-13(20)3-4-16(15)22-17(18)19(23)21-5-6-29(24,25)26/h3-4,7-10,22H,5-6H2,1-2H3,(H,21,23)(H2,24,25,26). The second kappa shape index (κ2) is 8.17. The van der Waals surface area contributed by atoms with Crippen molar-refractivity contribution < 1.29 is 27.6 Å². The Hall–Kier alpha value is -2.16. The van der Waals surface area contributed by atoms with Crippen molar-refractivity contribution in [2.24, 2.45) is 0 Å². The highest BCUT2D eigenvalue weighted by Crippen LogP contribution is 2.35. The van der Waals surface area contributed by atoms with Gasteiger partial charge in [-0.3, -0.25) is 9.36 Å². The molecule has 0 bridgehead atoms. The Balaban J connectivity index is 2.16. The topological polar surface area (TPSA) is 137 Å². The van der Waals surface area contributed by atoms with E-state index in [-0.39, 0.29) is 27.4 Å². The van der Waals surface area contributed by atoms with Crippen molar-refractivity contribution in [3.05, 3.63) is 58.2 Å². The lowest BCUT2D eigenvalue weighted by molar-refractivity contribution is 0.0948. The van der Waals surface area contributed by atoms with Gasteiger partial charge in [0.05, 0.1) is 11.1 Å². The maximum Gasteiger partial charge on any atom is 0.327 e. The summed E-state index contributed by atoms with van der Waals surface area (Å²) < 4.78 is 38.1. The number of halogens is 1. The molecule has 30 heavy (non-hydrogen) atoms. The summed E-state index contributed by atoms with van der Waals surface area (Å²) in [5.74, 6) is -0.793. The third-order valence-electron chi connectivity index (χ3n) is 4.40. The molecule has 1 heterocycles. The molecule has 0 aliphatic heterocycles. The number of hydrogen-bond donors (Lipinski definition) is 4. The number of benzene rings is 2. The quantitative estimate of drug-likeness (QED) is 0.408. The zero-order chi connectivity index (χ0) is 22.3. The summed E-state index contributed by atoms with van der Waals surface area (Å²) >= 11 is 6.06. The molecule has 0 aliphatic rings. The third kappa shape index (κ3) is 4.77. The zero-order valence-electron chi connectivity index (χ0n) is 16.1. The third-order valence-corrected chi connectivity index (χ3v) is 7.26. The van der Waals surface area contributed by atoms with Crippen LogP contribution in [0.3, 0.4) is 0 Å². The fourth-order valence-electron chi connectivity index (χ4n) is 3.19. The summed E-state index contributed by atoms with van der Waals surface area (Å²) in [6, 6.07) is 9.44. The Kier molecular flexibility index (Phi) is 6.13. The number of aryl methyl sites for hydroxylation is 2. The Bertz CT molecular complexity index is 1280. The van der Waals surface area contributed by atoms with Crippen molar-refractivity contribution in [1.29, 1.82) is 0 Å². The Morgan fingerprint density at radius 1 is 1.13 bits per heavy atom. The zero-order valence-corrected chi connectivity index (χ0v) is 18.6. The molecule has 0 saturated heterocycles. The fraction of sp³-hybridized carbons (Fsp3) is 0.211. The number of sulfone groups is 1. The first kappa shape index (κ1) is 22.5. The van der Waals surface area contributed by atoms with Crippen LogP contribution in [0.1, 0.15) is 21.6 Å². The minimum Gasteiger partial charge on any atom is -0.350 e. The molecule has 1 amide bonds. The van der Waals surface area contributed by atoms with Gasteiger partial charge in [-0.25, -0.2) is 8.42 Å². The van der Waals surface area contributed by atoms with E-state index in [1.807, 2.05) is 6.07 Å². The molecule has 0 spiro atoms. The van der Waals surface area contributed by atoms with Crippen LogP contribution in [-0.4, -0.2) is 41.8 Å². The van der Waals surface area contributed by atoms with Gasteiger partial charge in [-0.1, -0.05) is 17.7 Å². The minimum absolute atomic E-state index is 0.0325. The van der Waals surface area contributed by atoms with Crippen LogP contribution in [-0.2, 0) is 14.4 Å². The Morgan fingerprint density at radius 2 is 1.77 bits per heavy atom. The first-order valence-electron chi connectivity index (χ1n) is 8.86. The van der Waals surface area contributed by atoms with E-state index in [0.29, 0.717) is 10.5 Å². The molecule has 4 N–H and O–H groups in total. The van der Waals surface area contributed by atoms with E-state index in [2.05, 4.69) is 10.3 Å². The highest BCUT2D eigenvalue weighted by atomic mass is 35.5. The number of aromatic amines is 1. The first-order chi connectivity index (χ1) is 13.9. The summed E-state index contributed by atoms with van der Waals surface area (Å²) in [5.41, 5.74) is 1.66. The van der Waals surface area contributed by atoms with Crippen molar-refractivity contribution in [3.8, 4) is 0 Å². The summed E-state index contributed by atoms with van der Waals surface area (Å²) in [6.45, 7) is 3.23. The molecule has 3 aromatic rings. The second-order valence-corrected chi connectivity index (χ2v) is 11.1. The molecule has 11 heteroatoms. The van der Waals surface area contributed by atoms with Crippen molar-refractivity contribution in [1.82, 2.24) is 10.3 Å². The van der Waals surface area contributed by atoms with Crippen LogP contribution < -0.4 is 5.32 Å². The van der Waals surface area contributed by atoms with Gasteiger partial charge in [0.25, 0.3) is 5.91 Å². The molecule has 0 atom stereocenters. The number of carbonyl (C=O) groups excluding carboxylic acids is 1. The number of fused-ring (bicyclic) bond motifs is 1. The molecular formula is C19H20ClN2O6PS. The molecular weight excluding hydrogens is 451 g/mol. The Morgan fingerprint density at radius 3 is 2.37 bits per heavy atom. The molecule has 0 aliphatic carbocycles. The molecule has 1 aromatic heterocycles. The van der Waals surface area contributed by atoms with Gasteiger partial charge in [0.1, 0.15) is 10.6 Å². The average Bonchev–Trinajstić information content (AvgIpc) is 2.99. The van der Waals surface area contributed by atoms with Crippen LogP contribution in [0.2, 0.25) is 5.02 Å². The van der Waals surface area contributed by atoms with Gasteiger partial charge in [0.15, 0.2) is 0 Å². The predicted molar refractivity (Wildman–Crippen MR) is 114 cm³/mol. The van der Waals surface area contributed by atoms with E-state index >= 15 is 0 Å². The summed E-state index contributed by atoms with van der Waals surface area (Å²) in [4.78, 5) is 33.3. The summed E-state index contributed by atoms with van der Waals surface area (Å²) in [7, 11) is -8.43. The maximum absolute atomic E-state index is 13.5. The highest BCUT2D eigenvalue weighted by Gasteiger charge is 2.30. The minimum atomic E-state index is -4.31. The lowest BCUT2D eigenvalue weighted by Crippen LogP contribution is -2.28. The van der Waals surface area contributed by atoms with Gasteiger partial charge in [-0.2, -0.15) is 0 Å². The number of aromatic nitrogens is 1. The van der Waals surface area contributed by atoms with Crippen molar-refractivity contribution in [2.75, 3.05) is 12.7 Å². The van der Waals surface area contributed by atoms with E-state index in [0.717, 1.165) is 11.1 Å². The fourth-order valence-corrected chi connectivity index (χ4v) is 5.55. The van der Waals surface area contributed by atoms with Crippen molar-refractivity contribution in [2.45, 2.75) is 23.6 Å². The van der Waals surface area contributed by atoms with Gasteiger partial charge in [0, 0.05) is 22.5 Å². The lowest BCUT2D eigenvalue weighted by atomic mass is 10.2. The number of rotatable bonds is 6. The first-order valence-corrected chi connectivity index (χ1v) is 12.5. The van der Waals surface area contributed by atoms with E-state index < -0.39 is 29.5 Å². The molecule has 3 rings (SSSR count). The van der Waals surface area contributed by atoms with Gasteiger partial charge >= 0.3 is 7.60 Å². The van der Waals surface area contributed by atoms with Gasteiger partial charge in [-0.05, 0) is 55.3 Å². The van der Waals surface area contributed by atoms with Crippen molar-refractivity contribution >= 4 is 45.8 Å². The van der Waals surface area contributed by atoms with Crippen LogP contribution in [0.15, 0.2) is 46.2 Å². The molecule has 2 aromatic carbocycles. The second-order valence-electron chi connectivity index (χ2n) is 6.99. The normalized spacial score (nSPS) is 12.3. The van der Waals surface area contributed by atoms with Crippen LogP contribution in [0.25, 0.3) is 10.9 Å². The lowest BCUT2D eigenvalue weighted by Gasteiger charge is -2.10. The van der Waals surface area contributed by atoms with Gasteiger partial charge in [-0.15, -0.1) is 0 Å².